The van der Waals surface area contributed by atoms with Crippen molar-refractivity contribution in [2.24, 2.45) is 5.92 Å². The van der Waals surface area contributed by atoms with Gasteiger partial charge in [-0.3, -0.25) is 0 Å². The summed E-state index contributed by atoms with van der Waals surface area (Å²) in [5.41, 5.74) is 0. The smallest absolute Gasteiger partial charge is 0.105 e. The molecule has 1 aliphatic rings. The third-order valence-electron chi connectivity index (χ3n) is 3.61. The van der Waals surface area contributed by atoms with Crippen LogP contribution in [0.25, 0.3) is 0 Å². The van der Waals surface area contributed by atoms with E-state index in [9.17, 15) is 0 Å². The Morgan fingerprint density at radius 3 is 2.94 bits per heavy atom. The van der Waals surface area contributed by atoms with Crippen LogP contribution >= 0.6 is 0 Å². The van der Waals surface area contributed by atoms with Gasteiger partial charge in [0.1, 0.15) is 5.76 Å². The third kappa shape index (κ3) is 3.67. The van der Waals surface area contributed by atoms with E-state index in [-0.39, 0.29) is 0 Å². The monoisotopic (exact) mass is 221 g/mol. The summed E-state index contributed by atoms with van der Waals surface area (Å²) in [6.45, 7) is 3.39. The van der Waals surface area contributed by atoms with Crippen molar-refractivity contribution in [2.45, 2.75) is 51.5 Å². The highest BCUT2D eigenvalue weighted by atomic mass is 16.3. The van der Waals surface area contributed by atoms with Crippen LogP contribution in [0.3, 0.4) is 0 Å². The van der Waals surface area contributed by atoms with Gasteiger partial charge >= 0.3 is 0 Å². The van der Waals surface area contributed by atoms with Crippen LogP contribution in [-0.4, -0.2) is 12.6 Å². The molecule has 2 nitrogen and oxygen atoms in total. The van der Waals surface area contributed by atoms with Gasteiger partial charge in [0, 0.05) is 12.5 Å². The molecule has 0 aromatic carbocycles. The summed E-state index contributed by atoms with van der Waals surface area (Å²) < 4.78 is 5.34. The van der Waals surface area contributed by atoms with Crippen LogP contribution in [0.2, 0.25) is 0 Å². The molecule has 0 amide bonds. The van der Waals surface area contributed by atoms with Crippen molar-refractivity contribution in [1.29, 1.82) is 0 Å². The number of furan rings is 1. The molecule has 2 heteroatoms. The molecular formula is C14H23NO. The minimum absolute atomic E-state index is 0.521. The zero-order chi connectivity index (χ0) is 11.2. The Morgan fingerprint density at radius 2 is 2.25 bits per heavy atom. The van der Waals surface area contributed by atoms with Gasteiger partial charge in [0.05, 0.1) is 6.26 Å². The Hall–Kier alpha value is -0.760. The molecule has 1 heterocycles. The van der Waals surface area contributed by atoms with Gasteiger partial charge < -0.3 is 9.73 Å². The number of hydrogen-bond donors (Lipinski definition) is 1. The molecule has 0 saturated heterocycles. The van der Waals surface area contributed by atoms with E-state index in [0.29, 0.717) is 6.04 Å². The van der Waals surface area contributed by atoms with Crippen LogP contribution < -0.4 is 5.32 Å². The molecule has 0 bridgehead atoms. The first kappa shape index (κ1) is 11.7. The number of hydrogen-bond acceptors (Lipinski definition) is 2. The van der Waals surface area contributed by atoms with E-state index in [4.69, 9.17) is 4.42 Å². The Morgan fingerprint density at radius 1 is 1.44 bits per heavy atom. The minimum Gasteiger partial charge on any atom is -0.469 e. The van der Waals surface area contributed by atoms with Crippen molar-refractivity contribution in [3.8, 4) is 0 Å². The molecule has 1 aromatic heterocycles. The van der Waals surface area contributed by atoms with E-state index in [0.717, 1.165) is 24.6 Å². The second kappa shape index (κ2) is 6.09. The van der Waals surface area contributed by atoms with Gasteiger partial charge in [0.15, 0.2) is 0 Å². The number of nitrogens with one attached hydrogen (secondary N) is 1. The van der Waals surface area contributed by atoms with Crippen LogP contribution in [0.15, 0.2) is 22.8 Å². The average molecular weight is 221 g/mol. The van der Waals surface area contributed by atoms with Crippen molar-refractivity contribution in [3.05, 3.63) is 24.2 Å². The van der Waals surface area contributed by atoms with Crippen LogP contribution in [0.5, 0.6) is 0 Å². The largest absolute Gasteiger partial charge is 0.469 e. The van der Waals surface area contributed by atoms with Gasteiger partial charge in [-0.2, -0.15) is 0 Å². The lowest BCUT2D eigenvalue weighted by atomic mass is 10.0. The molecule has 1 atom stereocenters. The molecule has 1 saturated carbocycles. The van der Waals surface area contributed by atoms with Crippen LogP contribution in [0, 0.1) is 5.92 Å². The summed E-state index contributed by atoms with van der Waals surface area (Å²) in [5, 5.41) is 3.59. The van der Waals surface area contributed by atoms with E-state index in [1.165, 1.54) is 32.1 Å². The summed E-state index contributed by atoms with van der Waals surface area (Å²) >= 11 is 0. The van der Waals surface area contributed by atoms with Gasteiger partial charge in [0.25, 0.3) is 0 Å². The SMILES string of the molecule is CC(Cc1ccco1)NCCC1CCCC1. The molecule has 0 aliphatic heterocycles. The summed E-state index contributed by atoms with van der Waals surface area (Å²) in [4.78, 5) is 0. The van der Waals surface area contributed by atoms with Gasteiger partial charge in [-0.25, -0.2) is 0 Å². The summed E-state index contributed by atoms with van der Waals surface area (Å²) in [6.07, 6.45) is 9.91. The second-order valence-corrected chi connectivity index (χ2v) is 5.08. The fraction of sp³-hybridized carbons (Fsp3) is 0.714. The predicted molar refractivity (Wildman–Crippen MR) is 66.5 cm³/mol. The van der Waals surface area contributed by atoms with Gasteiger partial charge in [0.2, 0.25) is 0 Å². The van der Waals surface area contributed by atoms with Crippen LogP contribution in [-0.2, 0) is 6.42 Å². The molecule has 1 fully saturated rings. The molecular weight excluding hydrogens is 198 g/mol. The second-order valence-electron chi connectivity index (χ2n) is 5.08. The highest BCUT2D eigenvalue weighted by Crippen LogP contribution is 2.26. The zero-order valence-corrected chi connectivity index (χ0v) is 10.2. The summed E-state index contributed by atoms with van der Waals surface area (Å²) in [6, 6.07) is 4.53. The first-order valence-electron chi connectivity index (χ1n) is 6.60. The van der Waals surface area contributed by atoms with Gasteiger partial charge in [-0.1, -0.05) is 25.7 Å². The highest BCUT2D eigenvalue weighted by molar-refractivity contribution is 4.99. The van der Waals surface area contributed by atoms with Gasteiger partial charge in [-0.15, -0.1) is 0 Å². The summed E-state index contributed by atoms with van der Waals surface area (Å²) in [7, 11) is 0. The minimum atomic E-state index is 0.521. The van der Waals surface area contributed by atoms with Crippen molar-refractivity contribution >= 4 is 0 Å². The maximum absolute atomic E-state index is 5.34. The highest BCUT2D eigenvalue weighted by Gasteiger charge is 2.14. The molecule has 0 spiro atoms. The molecule has 90 valence electrons. The van der Waals surface area contributed by atoms with Crippen molar-refractivity contribution in [3.63, 3.8) is 0 Å². The lowest BCUT2D eigenvalue weighted by Gasteiger charge is -2.14. The lowest BCUT2D eigenvalue weighted by Crippen LogP contribution is -2.29. The first-order valence-corrected chi connectivity index (χ1v) is 6.60. The fourth-order valence-electron chi connectivity index (χ4n) is 2.64. The summed E-state index contributed by atoms with van der Waals surface area (Å²) in [5.74, 6) is 2.07. The fourth-order valence-corrected chi connectivity index (χ4v) is 2.64. The first-order chi connectivity index (χ1) is 7.84. The molecule has 1 unspecified atom stereocenters. The maximum atomic E-state index is 5.34. The van der Waals surface area contributed by atoms with E-state index in [1.807, 2.05) is 6.07 Å². The predicted octanol–water partition coefficient (Wildman–Crippen LogP) is 3.38. The topological polar surface area (TPSA) is 25.2 Å². The van der Waals surface area contributed by atoms with E-state index < -0.39 is 0 Å². The maximum Gasteiger partial charge on any atom is 0.105 e. The zero-order valence-electron chi connectivity index (χ0n) is 10.2. The quantitative estimate of drug-likeness (QED) is 0.796. The molecule has 2 rings (SSSR count). The Kier molecular flexibility index (Phi) is 4.46. The van der Waals surface area contributed by atoms with E-state index in [2.05, 4.69) is 18.3 Å². The van der Waals surface area contributed by atoms with Gasteiger partial charge in [-0.05, 0) is 37.9 Å². The van der Waals surface area contributed by atoms with E-state index >= 15 is 0 Å². The Balaban J connectivity index is 1.58. The Labute approximate surface area is 98.4 Å². The van der Waals surface area contributed by atoms with Crippen LogP contribution in [0.4, 0.5) is 0 Å². The third-order valence-corrected chi connectivity index (χ3v) is 3.61. The Bertz CT molecular complexity index is 275. The molecule has 1 aromatic rings. The van der Waals surface area contributed by atoms with Crippen molar-refractivity contribution < 1.29 is 4.42 Å². The van der Waals surface area contributed by atoms with Crippen LogP contribution in [0.1, 0.15) is 44.8 Å². The average Bonchev–Trinajstić information content (AvgIpc) is 2.90. The standard InChI is InChI=1S/C14H23NO/c1-12(11-14-7-4-10-16-14)15-9-8-13-5-2-3-6-13/h4,7,10,12-13,15H,2-3,5-6,8-9,11H2,1H3. The van der Waals surface area contributed by atoms with E-state index in [1.54, 1.807) is 6.26 Å². The molecule has 1 aliphatic carbocycles. The molecule has 16 heavy (non-hydrogen) atoms. The lowest BCUT2D eigenvalue weighted by molar-refractivity contribution is 0.425. The van der Waals surface area contributed by atoms with Crippen molar-refractivity contribution in [2.75, 3.05) is 6.54 Å². The van der Waals surface area contributed by atoms with Crippen molar-refractivity contribution in [1.82, 2.24) is 5.32 Å². The molecule has 0 radical (unpaired) electrons. The number of rotatable bonds is 6. The molecule has 1 N–H and O–H groups in total. The normalized spacial score (nSPS) is 19.1.